The average Bonchev–Trinajstić information content (AvgIpc) is 2.25. The summed E-state index contributed by atoms with van der Waals surface area (Å²) in [7, 11) is 2.12. The predicted octanol–water partition coefficient (Wildman–Crippen LogP) is 0.830. The van der Waals surface area contributed by atoms with Crippen molar-refractivity contribution >= 4 is 17.7 Å². The van der Waals surface area contributed by atoms with Gasteiger partial charge in [0, 0.05) is 32.2 Å². The number of hydrogen-bond donors (Lipinski definition) is 1. The summed E-state index contributed by atoms with van der Waals surface area (Å²) in [5.41, 5.74) is 0. The van der Waals surface area contributed by atoms with E-state index in [0.717, 1.165) is 38.4 Å². The Balaban J connectivity index is 2.43. The fraction of sp³-hybridized carbons (Fsp3) is 0.909. The van der Waals surface area contributed by atoms with Gasteiger partial charge in [0.05, 0.1) is 6.42 Å². The minimum Gasteiger partial charge on any atom is -0.481 e. The Kier molecular flexibility index (Phi) is 6.16. The second-order valence-corrected chi connectivity index (χ2v) is 5.36. The Morgan fingerprint density at radius 2 is 2.00 bits per heavy atom. The molecular weight excluding hydrogens is 224 g/mol. The van der Waals surface area contributed by atoms with E-state index in [1.165, 1.54) is 0 Å². The second kappa shape index (κ2) is 7.14. The highest BCUT2D eigenvalue weighted by molar-refractivity contribution is 7.98. The Morgan fingerprint density at radius 1 is 1.38 bits per heavy atom. The van der Waals surface area contributed by atoms with E-state index in [0.29, 0.717) is 0 Å². The Bertz CT molecular complexity index is 218. The van der Waals surface area contributed by atoms with Crippen LogP contribution < -0.4 is 0 Å². The minimum atomic E-state index is -0.676. The Labute approximate surface area is 102 Å². The lowest BCUT2D eigenvalue weighted by Gasteiger charge is -2.37. The van der Waals surface area contributed by atoms with Crippen LogP contribution in [0.5, 0.6) is 0 Å². The molecular formula is C11H22N2O2S. The van der Waals surface area contributed by atoms with Crippen LogP contribution in [0.15, 0.2) is 0 Å². The molecule has 5 heteroatoms. The molecule has 0 aromatic rings. The van der Waals surface area contributed by atoms with Crippen molar-refractivity contribution in [2.75, 3.05) is 45.2 Å². The maximum absolute atomic E-state index is 10.8. The SMILES string of the molecule is CSCCC(CC(=O)O)N1CCN(C)CC1. The molecule has 0 bridgehead atoms. The molecule has 0 aromatic heterocycles. The zero-order valence-electron chi connectivity index (χ0n) is 10.2. The molecule has 0 saturated carbocycles. The largest absolute Gasteiger partial charge is 0.481 e. The average molecular weight is 246 g/mol. The molecule has 4 nitrogen and oxygen atoms in total. The van der Waals surface area contributed by atoms with E-state index >= 15 is 0 Å². The molecule has 0 aliphatic carbocycles. The zero-order chi connectivity index (χ0) is 12.0. The molecule has 94 valence electrons. The number of carboxylic acid groups (broad SMARTS) is 1. The lowest BCUT2D eigenvalue weighted by molar-refractivity contribution is -0.138. The number of piperazine rings is 1. The predicted molar refractivity (Wildman–Crippen MR) is 68.1 cm³/mol. The number of carbonyl (C=O) groups is 1. The van der Waals surface area contributed by atoms with Gasteiger partial charge >= 0.3 is 5.97 Å². The monoisotopic (exact) mass is 246 g/mol. The van der Waals surface area contributed by atoms with Crippen LogP contribution >= 0.6 is 11.8 Å². The summed E-state index contributed by atoms with van der Waals surface area (Å²) in [4.78, 5) is 15.5. The summed E-state index contributed by atoms with van der Waals surface area (Å²) >= 11 is 1.79. The van der Waals surface area contributed by atoms with Crippen molar-refractivity contribution in [1.82, 2.24) is 9.80 Å². The molecule has 1 N–H and O–H groups in total. The van der Waals surface area contributed by atoms with Crippen molar-refractivity contribution in [3.8, 4) is 0 Å². The van der Waals surface area contributed by atoms with Crippen LogP contribution in [0.1, 0.15) is 12.8 Å². The van der Waals surface area contributed by atoms with E-state index in [2.05, 4.69) is 23.1 Å². The van der Waals surface area contributed by atoms with Crippen LogP contribution in [0.4, 0.5) is 0 Å². The van der Waals surface area contributed by atoms with Crippen LogP contribution in [0, 0.1) is 0 Å². The van der Waals surface area contributed by atoms with Crippen molar-refractivity contribution in [3.05, 3.63) is 0 Å². The molecule has 1 fully saturated rings. The fourth-order valence-corrected chi connectivity index (χ4v) is 2.56. The lowest BCUT2D eigenvalue weighted by Crippen LogP contribution is -2.49. The van der Waals surface area contributed by atoms with Gasteiger partial charge in [-0.15, -0.1) is 0 Å². The van der Waals surface area contributed by atoms with Crippen LogP contribution in [0.25, 0.3) is 0 Å². The number of rotatable bonds is 6. The summed E-state index contributed by atoms with van der Waals surface area (Å²) in [5.74, 6) is 0.370. The van der Waals surface area contributed by atoms with Gasteiger partial charge in [0.15, 0.2) is 0 Å². The maximum atomic E-state index is 10.8. The van der Waals surface area contributed by atoms with Crippen molar-refractivity contribution < 1.29 is 9.90 Å². The normalized spacial score (nSPS) is 20.9. The minimum absolute atomic E-state index is 0.221. The highest BCUT2D eigenvalue weighted by atomic mass is 32.2. The van der Waals surface area contributed by atoms with Crippen molar-refractivity contribution in [1.29, 1.82) is 0 Å². The molecule has 1 aliphatic heterocycles. The number of hydrogen-bond acceptors (Lipinski definition) is 4. The van der Waals surface area contributed by atoms with E-state index < -0.39 is 5.97 Å². The second-order valence-electron chi connectivity index (χ2n) is 4.37. The van der Waals surface area contributed by atoms with Gasteiger partial charge in [-0.1, -0.05) is 0 Å². The van der Waals surface area contributed by atoms with Gasteiger partial charge in [-0.05, 0) is 25.5 Å². The third-order valence-corrected chi connectivity index (χ3v) is 3.76. The van der Waals surface area contributed by atoms with Crippen molar-refractivity contribution in [2.45, 2.75) is 18.9 Å². The Morgan fingerprint density at radius 3 is 2.50 bits per heavy atom. The molecule has 1 heterocycles. The van der Waals surface area contributed by atoms with Crippen LogP contribution in [0.3, 0.4) is 0 Å². The quantitative estimate of drug-likeness (QED) is 0.752. The van der Waals surface area contributed by atoms with Crippen molar-refractivity contribution in [2.24, 2.45) is 0 Å². The summed E-state index contributed by atoms with van der Waals surface area (Å²) in [6.07, 6.45) is 3.34. The van der Waals surface area contributed by atoms with Gasteiger partial charge in [-0.25, -0.2) is 0 Å². The first-order valence-corrected chi connectivity index (χ1v) is 7.16. The lowest BCUT2D eigenvalue weighted by atomic mass is 10.1. The van der Waals surface area contributed by atoms with E-state index in [1.54, 1.807) is 11.8 Å². The third-order valence-electron chi connectivity index (χ3n) is 3.12. The first-order chi connectivity index (χ1) is 7.63. The Hall–Kier alpha value is -0.260. The molecule has 1 atom stereocenters. The summed E-state index contributed by atoms with van der Waals surface area (Å²) < 4.78 is 0. The molecule has 0 aromatic carbocycles. The van der Waals surface area contributed by atoms with E-state index in [-0.39, 0.29) is 12.5 Å². The number of aliphatic carboxylic acids is 1. The number of nitrogens with zero attached hydrogens (tertiary/aromatic N) is 2. The van der Waals surface area contributed by atoms with Crippen LogP contribution in [0.2, 0.25) is 0 Å². The molecule has 1 rings (SSSR count). The van der Waals surface area contributed by atoms with Crippen LogP contribution in [-0.2, 0) is 4.79 Å². The highest BCUT2D eigenvalue weighted by Crippen LogP contribution is 2.14. The van der Waals surface area contributed by atoms with Gasteiger partial charge in [0.2, 0.25) is 0 Å². The molecule has 1 saturated heterocycles. The molecule has 0 radical (unpaired) electrons. The van der Waals surface area contributed by atoms with Gasteiger partial charge in [0.1, 0.15) is 0 Å². The molecule has 1 unspecified atom stereocenters. The summed E-state index contributed by atoms with van der Waals surface area (Å²) in [6, 6.07) is 0.221. The van der Waals surface area contributed by atoms with Gasteiger partial charge < -0.3 is 10.0 Å². The standard InChI is InChI=1S/C11H22N2O2S/c1-12-4-6-13(7-5-12)10(3-8-16-2)9-11(14)15/h10H,3-9H2,1-2H3,(H,14,15). The molecule has 16 heavy (non-hydrogen) atoms. The zero-order valence-corrected chi connectivity index (χ0v) is 11.0. The van der Waals surface area contributed by atoms with Gasteiger partial charge in [-0.3, -0.25) is 9.69 Å². The summed E-state index contributed by atoms with van der Waals surface area (Å²) in [5, 5.41) is 8.92. The maximum Gasteiger partial charge on any atom is 0.304 e. The van der Waals surface area contributed by atoms with Gasteiger partial charge in [0.25, 0.3) is 0 Å². The first-order valence-electron chi connectivity index (χ1n) is 5.77. The number of thioether (sulfide) groups is 1. The first kappa shape index (κ1) is 13.8. The third kappa shape index (κ3) is 4.72. The number of likely N-dealkylation sites (N-methyl/N-ethyl adjacent to an activating group) is 1. The molecule has 0 spiro atoms. The molecule has 0 amide bonds. The number of carboxylic acids is 1. The van der Waals surface area contributed by atoms with Gasteiger partial charge in [-0.2, -0.15) is 11.8 Å². The summed E-state index contributed by atoms with van der Waals surface area (Å²) in [6.45, 7) is 4.11. The highest BCUT2D eigenvalue weighted by Gasteiger charge is 2.23. The van der Waals surface area contributed by atoms with E-state index in [9.17, 15) is 4.79 Å². The fourth-order valence-electron chi connectivity index (χ4n) is 2.06. The van der Waals surface area contributed by atoms with E-state index in [1.807, 2.05) is 0 Å². The van der Waals surface area contributed by atoms with E-state index in [4.69, 9.17) is 5.11 Å². The molecule has 1 aliphatic rings. The van der Waals surface area contributed by atoms with Crippen LogP contribution in [-0.4, -0.2) is 72.2 Å². The topological polar surface area (TPSA) is 43.8 Å². The smallest absolute Gasteiger partial charge is 0.304 e. The van der Waals surface area contributed by atoms with Crippen molar-refractivity contribution in [3.63, 3.8) is 0 Å².